The molecule has 26 heavy (non-hydrogen) atoms. The van der Waals surface area contributed by atoms with Gasteiger partial charge in [0.2, 0.25) is 5.82 Å². The first kappa shape index (κ1) is 17.2. The standard InChI is InChI=1S/C20H27N5O/c1-13(2)21-20(26)19-23-22-18-8-16-10-24(11-17(16)12-25(18)19)9-15-6-4-5-14(3)7-15/h4-7,13,16-17H,8-12H2,1-3H3,(H,21,26). The fourth-order valence-electron chi connectivity index (χ4n) is 4.31. The lowest BCUT2D eigenvalue weighted by molar-refractivity contribution is 0.0924. The summed E-state index contributed by atoms with van der Waals surface area (Å²) in [5, 5.41) is 11.4. The molecule has 1 N–H and O–H groups in total. The van der Waals surface area contributed by atoms with E-state index in [9.17, 15) is 4.79 Å². The second-order valence-electron chi connectivity index (χ2n) is 8.09. The normalized spacial score (nSPS) is 22.3. The van der Waals surface area contributed by atoms with E-state index in [4.69, 9.17) is 0 Å². The van der Waals surface area contributed by atoms with Crippen LogP contribution in [0.1, 0.15) is 41.4 Å². The van der Waals surface area contributed by atoms with E-state index < -0.39 is 0 Å². The number of carbonyl (C=O) groups excluding carboxylic acids is 1. The van der Waals surface area contributed by atoms with Crippen LogP contribution >= 0.6 is 0 Å². The van der Waals surface area contributed by atoms with Gasteiger partial charge < -0.3 is 9.88 Å². The Morgan fingerprint density at radius 2 is 2.04 bits per heavy atom. The zero-order chi connectivity index (χ0) is 18.3. The summed E-state index contributed by atoms with van der Waals surface area (Å²) in [6.07, 6.45) is 0.914. The van der Waals surface area contributed by atoms with Crippen LogP contribution in [0.5, 0.6) is 0 Å². The molecule has 1 aromatic heterocycles. The Morgan fingerprint density at radius 1 is 1.23 bits per heavy atom. The van der Waals surface area contributed by atoms with Crippen molar-refractivity contribution in [3.8, 4) is 0 Å². The van der Waals surface area contributed by atoms with Crippen LogP contribution in [0.3, 0.4) is 0 Å². The van der Waals surface area contributed by atoms with Crippen molar-refractivity contribution in [2.75, 3.05) is 13.1 Å². The number of likely N-dealkylation sites (tertiary alicyclic amines) is 1. The predicted octanol–water partition coefficient (Wildman–Crippen LogP) is 2.03. The van der Waals surface area contributed by atoms with Gasteiger partial charge in [-0.25, -0.2) is 0 Å². The number of benzene rings is 1. The topological polar surface area (TPSA) is 63.1 Å². The lowest BCUT2D eigenvalue weighted by atomic mass is 9.89. The Bertz CT molecular complexity index is 812. The molecule has 1 amide bonds. The van der Waals surface area contributed by atoms with Crippen molar-refractivity contribution in [2.24, 2.45) is 11.8 Å². The van der Waals surface area contributed by atoms with Crippen LogP contribution in [0.25, 0.3) is 0 Å². The summed E-state index contributed by atoms with van der Waals surface area (Å²) in [4.78, 5) is 14.9. The van der Waals surface area contributed by atoms with E-state index in [0.717, 1.165) is 38.4 Å². The second-order valence-corrected chi connectivity index (χ2v) is 8.09. The van der Waals surface area contributed by atoms with E-state index >= 15 is 0 Å². The van der Waals surface area contributed by atoms with E-state index in [-0.39, 0.29) is 11.9 Å². The Labute approximate surface area is 154 Å². The molecule has 6 nitrogen and oxygen atoms in total. The van der Waals surface area contributed by atoms with Crippen LogP contribution in [-0.2, 0) is 19.5 Å². The van der Waals surface area contributed by atoms with Gasteiger partial charge in [0.1, 0.15) is 5.82 Å². The molecule has 2 aliphatic rings. The number of hydrogen-bond donors (Lipinski definition) is 1. The van der Waals surface area contributed by atoms with Crippen molar-refractivity contribution < 1.29 is 4.79 Å². The maximum Gasteiger partial charge on any atom is 0.289 e. The Kier molecular flexibility index (Phi) is 4.53. The summed E-state index contributed by atoms with van der Waals surface area (Å²) in [5.74, 6) is 2.47. The van der Waals surface area contributed by atoms with Gasteiger partial charge >= 0.3 is 0 Å². The lowest BCUT2D eigenvalue weighted by Crippen LogP contribution is -2.35. The summed E-state index contributed by atoms with van der Waals surface area (Å²) in [6, 6.07) is 8.85. The molecule has 1 fully saturated rings. The average molecular weight is 353 g/mol. The molecular weight excluding hydrogens is 326 g/mol. The van der Waals surface area contributed by atoms with E-state index in [2.05, 4.69) is 51.6 Å². The maximum atomic E-state index is 12.4. The molecule has 138 valence electrons. The highest BCUT2D eigenvalue weighted by Crippen LogP contribution is 2.33. The van der Waals surface area contributed by atoms with Crippen molar-refractivity contribution in [3.63, 3.8) is 0 Å². The van der Waals surface area contributed by atoms with Gasteiger partial charge in [-0.15, -0.1) is 10.2 Å². The number of aryl methyl sites for hydroxylation is 1. The molecule has 0 bridgehead atoms. The van der Waals surface area contributed by atoms with Crippen LogP contribution in [-0.4, -0.2) is 44.7 Å². The number of hydrogen-bond acceptors (Lipinski definition) is 4. The van der Waals surface area contributed by atoms with Gasteiger partial charge in [0.15, 0.2) is 0 Å². The van der Waals surface area contributed by atoms with Crippen LogP contribution in [0.4, 0.5) is 0 Å². The molecule has 0 spiro atoms. The van der Waals surface area contributed by atoms with Gasteiger partial charge in [-0.2, -0.15) is 0 Å². The SMILES string of the molecule is Cc1cccc(CN2CC3Cc4nnc(C(=O)NC(C)C)n4CC3C2)c1. The molecule has 1 aromatic carbocycles. The minimum atomic E-state index is -0.119. The molecular formula is C20H27N5O. The monoisotopic (exact) mass is 353 g/mol. The summed E-state index contributed by atoms with van der Waals surface area (Å²) in [5.41, 5.74) is 2.69. The average Bonchev–Trinajstić information content (AvgIpc) is 3.14. The fourth-order valence-corrected chi connectivity index (χ4v) is 4.31. The molecule has 0 radical (unpaired) electrons. The number of rotatable bonds is 4. The van der Waals surface area contributed by atoms with Gasteiger partial charge in [-0.1, -0.05) is 29.8 Å². The summed E-state index contributed by atoms with van der Waals surface area (Å²) in [6.45, 7) is 10.1. The van der Waals surface area contributed by atoms with Crippen LogP contribution in [0.15, 0.2) is 24.3 Å². The van der Waals surface area contributed by atoms with Gasteiger partial charge in [-0.3, -0.25) is 9.69 Å². The maximum absolute atomic E-state index is 12.4. The molecule has 2 aromatic rings. The number of nitrogens with one attached hydrogen (secondary N) is 1. The number of nitrogens with zero attached hydrogens (tertiary/aromatic N) is 4. The van der Waals surface area contributed by atoms with E-state index in [1.54, 1.807) is 0 Å². The van der Waals surface area contributed by atoms with Crippen molar-refractivity contribution in [3.05, 3.63) is 47.0 Å². The highest BCUT2D eigenvalue weighted by Gasteiger charge is 2.39. The first-order valence-electron chi connectivity index (χ1n) is 9.50. The molecule has 0 aliphatic carbocycles. The van der Waals surface area contributed by atoms with Crippen molar-refractivity contribution >= 4 is 5.91 Å². The van der Waals surface area contributed by atoms with Crippen molar-refractivity contribution in [1.29, 1.82) is 0 Å². The van der Waals surface area contributed by atoms with Crippen molar-refractivity contribution in [2.45, 2.75) is 46.3 Å². The van der Waals surface area contributed by atoms with Gasteiger partial charge in [0.25, 0.3) is 5.91 Å². The van der Waals surface area contributed by atoms with Gasteiger partial charge in [0, 0.05) is 38.6 Å². The molecule has 6 heteroatoms. The molecule has 2 aliphatic heterocycles. The molecule has 1 saturated heterocycles. The second kappa shape index (κ2) is 6.83. The largest absolute Gasteiger partial charge is 0.347 e. The molecule has 4 rings (SSSR count). The third kappa shape index (κ3) is 3.38. The first-order chi connectivity index (χ1) is 12.5. The third-order valence-corrected chi connectivity index (χ3v) is 5.45. The van der Waals surface area contributed by atoms with E-state index in [0.29, 0.717) is 17.7 Å². The number of aromatic nitrogens is 3. The summed E-state index contributed by atoms with van der Waals surface area (Å²) < 4.78 is 2.04. The predicted molar refractivity (Wildman–Crippen MR) is 99.8 cm³/mol. The van der Waals surface area contributed by atoms with Crippen molar-refractivity contribution in [1.82, 2.24) is 25.0 Å². The van der Waals surface area contributed by atoms with Crippen LogP contribution in [0.2, 0.25) is 0 Å². The molecule has 0 saturated carbocycles. The third-order valence-electron chi connectivity index (χ3n) is 5.45. The smallest absolute Gasteiger partial charge is 0.289 e. The molecule has 3 heterocycles. The minimum Gasteiger partial charge on any atom is -0.347 e. The van der Waals surface area contributed by atoms with Gasteiger partial charge in [0.05, 0.1) is 0 Å². The Balaban J connectivity index is 1.45. The highest BCUT2D eigenvalue weighted by atomic mass is 16.2. The molecule has 2 unspecified atom stereocenters. The van der Waals surface area contributed by atoms with E-state index in [1.807, 2.05) is 18.4 Å². The van der Waals surface area contributed by atoms with Gasteiger partial charge in [-0.05, 0) is 38.2 Å². The Morgan fingerprint density at radius 3 is 2.81 bits per heavy atom. The quantitative estimate of drug-likeness (QED) is 0.914. The number of carbonyl (C=O) groups is 1. The fraction of sp³-hybridized carbons (Fsp3) is 0.550. The van der Waals surface area contributed by atoms with E-state index in [1.165, 1.54) is 11.1 Å². The number of fused-ring (bicyclic) bond motifs is 2. The van der Waals surface area contributed by atoms with Crippen LogP contribution in [0, 0.1) is 18.8 Å². The highest BCUT2D eigenvalue weighted by molar-refractivity contribution is 5.90. The zero-order valence-corrected chi connectivity index (χ0v) is 15.8. The minimum absolute atomic E-state index is 0.100. The number of amides is 1. The van der Waals surface area contributed by atoms with Crippen LogP contribution < -0.4 is 5.32 Å². The molecule has 2 atom stereocenters. The first-order valence-corrected chi connectivity index (χ1v) is 9.50. The Hall–Kier alpha value is -2.21. The summed E-state index contributed by atoms with van der Waals surface area (Å²) in [7, 11) is 0. The zero-order valence-electron chi connectivity index (χ0n) is 15.8. The lowest BCUT2D eigenvalue weighted by Gasteiger charge is -2.25. The summed E-state index contributed by atoms with van der Waals surface area (Å²) >= 11 is 0.